The molecule has 6 nitrogen and oxygen atoms in total. The molecule has 2 aliphatic rings. The highest BCUT2D eigenvalue weighted by Crippen LogP contribution is 2.25. The van der Waals surface area contributed by atoms with Crippen LogP contribution in [0.3, 0.4) is 0 Å². The van der Waals surface area contributed by atoms with Gasteiger partial charge in [-0.25, -0.2) is 5.43 Å². The van der Waals surface area contributed by atoms with Crippen molar-refractivity contribution in [3.05, 3.63) is 66.0 Å². The van der Waals surface area contributed by atoms with Gasteiger partial charge in [0.15, 0.2) is 0 Å². The molecule has 0 bridgehead atoms. The van der Waals surface area contributed by atoms with Crippen molar-refractivity contribution in [3.8, 4) is 0 Å². The molecule has 27 heavy (non-hydrogen) atoms. The Morgan fingerprint density at radius 3 is 2.63 bits per heavy atom. The van der Waals surface area contributed by atoms with E-state index in [9.17, 15) is 4.79 Å². The number of rotatable bonds is 5. The molecular formula is C21H27N5O. The Balaban J connectivity index is 1.28. The molecule has 2 atom stereocenters. The van der Waals surface area contributed by atoms with Crippen molar-refractivity contribution in [2.45, 2.75) is 31.5 Å². The minimum atomic E-state index is -0.0843. The number of amides is 1. The summed E-state index contributed by atoms with van der Waals surface area (Å²) >= 11 is 0. The van der Waals surface area contributed by atoms with Crippen LogP contribution in [0.1, 0.15) is 30.1 Å². The molecule has 2 fully saturated rings. The third-order valence-corrected chi connectivity index (χ3v) is 5.52. The molecule has 3 N–H and O–H groups in total. The maximum Gasteiger partial charge on any atom is 0.226 e. The number of hydrogen-bond donors (Lipinski definition) is 3. The molecule has 4 rings (SSSR count). The van der Waals surface area contributed by atoms with Crippen LogP contribution in [0.5, 0.6) is 0 Å². The maximum absolute atomic E-state index is 12.9. The molecular weight excluding hydrogens is 338 g/mol. The van der Waals surface area contributed by atoms with E-state index in [2.05, 4.69) is 44.3 Å². The van der Waals surface area contributed by atoms with Crippen LogP contribution in [0.15, 0.2) is 54.7 Å². The Hall–Kier alpha value is -2.28. The van der Waals surface area contributed by atoms with Crippen molar-refractivity contribution >= 4 is 5.91 Å². The van der Waals surface area contributed by atoms with Gasteiger partial charge < -0.3 is 5.32 Å². The van der Waals surface area contributed by atoms with Gasteiger partial charge in [-0.2, -0.15) is 0 Å². The second-order valence-corrected chi connectivity index (χ2v) is 7.40. The van der Waals surface area contributed by atoms with Crippen molar-refractivity contribution in [3.63, 3.8) is 0 Å². The average molecular weight is 365 g/mol. The highest BCUT2D eigenvalue weighted by molar-refractivity contribution is 5.80. The number of nitrogens with one attached hydrogen (secondary N) is 3. The van der Waals surface area contributed by atoms with Crippen molar-refractivity contribution in [1.82, 2.24) is 26.1 Å². The summed E-state index contributed by atoms with van der Waals surface area (Å²) in [6.07, 6.45) is 3.82. The minimum Gasteiger partial charge on any atom is -0.353 e. The summed E-state index contributed by atoms with van der Waals surface area (Å²) in [5, 5.41) is 3.28. The van der Waals surface area contributed by atoms with E-state index in [1.54, 1.807) is 0 Å². The van der Waals surface area contributed by atoms with Gasteiger partial charge in [0.05, 0.1) is 17.7 Å². The fraction of sp³-hybridized carbons (Fsp3) is 0.429. The van der Waals surface area contributed by atoms with E-state index in [4.69, 9.17) is 0 Å². The summed E-state index contributed by atoms with van der Waals surface area (Å²) in [4.78, 5) is 19.7. The van der Waals surface area contributed by atoms with Crippen LogP contribution in [0.4, 0.5) is 0 Å². The number of aromatic nitrogens is 1. The lowest BCUT2D eigenvalue weighted by Crippen LogP contribution is -2.47. The van der Waals surface area contributed by atoms with Crippen molar-refractivity contribution in [2.24, 2.45) is 5.92 Å². The third-order valence-electron chi connectivity index (χ3n) is 5.52. The predicted molar refractivity (Wildman–Crippen MR) is 104 cm³/mol. The predicted octanol–water partition coefficient (Wildman–Crippen LogP) is 1.63. The molecule has 0 aliphatic carbocycles. The zero-order chi connectivity index (χ0) is 18.5. The molecule has 1 aromatic heterocycles. The molecule has 0 spiro atoms. The molecule has 142 valence electrons. The number of nitrogens with zero attached hydrogens (tertiary/aromatic N) is 2. The van der Waals surface area contributed by atoms with E-state index in [1.807, 2.05) is 36.5 Å². The summed E-state index contributed by atoms with van der Waals surface area (Å²) in [6, 6.07) is 16.5. The summed E-state index contributed by atoms with van der Waals surface area (Å²) < 4.78 is 0. The second kappa shape index (κ2) is 8.61. The molecule has 3 heterocycles. The largest absolute Gasteiger partial charge is 0.353 e. The van der Waals surface area contributed by atoms with E-state index < -0.39 is 0 Å². The molecule has 6 heteroatoms. The monoisotopic (exact) mass is 365 g/mol. The van der Waals surface area contributed by atoms with Gasteiger partial charge in [-0.15, -0.1) is 0 Å². The Bertz CT molecular complexity index is 731. The molecule has 2 aliphatic heterocycles. The van der Waals surface area contributed by atoms with Crippen molar-refractivity contribution in [1.29, 1.82) is 0 Å². The standard InChI is InChI=1S/C21H27N5O/c27-21(19-14-23-25-20(19)16-6-2-1-3-7-16)24-17-9-12-26(13-10-17)15-18-8-4-5-11-22-18/h1-8,11,17,19-20,23,25H,9-10,12-15H2,(H,24,27). The number of pyridine rings is 1. The molecule has 0 radical (unpaired) electrons. The van der Waals surface area contributed by atoms with Gasteiger partial charge in [0.2, 0.25) is 5.91 Å². The summed E-state index contributed by atoms with van der Waals surface area (Å²) in [6.45, 7) is 3.52. The highest BCUT2D eigenvalue weighted by atomic mass is 16.2. The van der Waals surface area contributed by atoms with Gasteiger partial charge in [0.1, 0.15) is 0 Å². The number of carbonyl (C=O) groups excluding carboxylic acids is 1. The maximum atomic E-state index is 12.9. The van der Waals surface area contributed by atoms with Crippen LogP contribution in [-0.2, 0) is 11.3 Å². The van der Waals surface area contributed by atoms with E-state index in [1.165, 1.54) is 0 Å². The topological polar surface area (TPSA) is 69.3 Å². The van der Waals surface area contributed by atoms with Gasteiger partial charge in [-0.3, -0.25) is 20.1 Å². The van der Waals surface area contributed by atoms with Crippen LogP contribution in [0.25, 0.3) is 0 Å². The summed E-state index contributed by atoms with van der Waals surface area (Å²) in [7, 11) is 0. The van der Waals surface area contributed by atoms with Crippen LogP contribution < -0.4 is 16.2 Å². The zero-order valence-corrected chi connectivity index (χ0v) is 15.5. The summed E-state index contributed by atoms with van der Waals surface area (Å²) in [5.41, 5.74) is 8.65. The van der Waals surface area contributed by atoms with Gasteiger partial charge in [-0.05, 0) is 30.5 Å². The first-order valence-electron chi connectivity index (χ1n) is 9.75. The first kappa shape index (κ1) is 18.1. The van der Waals surface area contributed by atoms with Gasteiger partial charge >= 0.3 is 0 Å². The highest BCUT2D eigenvalue weighted by Gasteiger charge is 2.35. The fourth-order valence-corrected chi connectivity index (χ4v) is 3.98. The minimum absolute atomic E-state index is 0.0236. The second-order valence-electron chi connectivity index (χ2n) is 7.40. The van der Waals surface area contributed by atoms with E-state index in [0.29, 0.717) is 6.54 Å². The first-order valence-corrected chi connectivity index (χ1v) is 9.75. The van der Waals surface area contributed by atoms with Crippen LogP contribution in [0.2, 0.25) is 0 Å². The molecule has 1 aromatic carbocycles. The van der Waals surface area contributed by atoms with E-state index >= 15 is 0 Å². The molecule has 1 amide bonds. The number of carbonyl (C=O) groups is 1. The average Bonchev–Trinajstić information content (AvgIpc) is 3.21. The number of hydrogen-bond acceptors (Lipinski definition) is 5. The van der Waals surface area contributed by atoms with Gasteiger partial charge in [-0.1, -0.05) is 36.4 Å². The fourth-order valence-electron chi connectivity index (χ4n) is 3.98. The van der Waals surface area contributed by atoms with Crippen molar-refractivity contribution < 1.29 is 4.79 Å². The lowest BCUT2D eigenvalue weighted by Gasteiger charge is -2.33. The first-order chi connectivity index (χ1) is 13.3. The number of piperidine rings is 1. The van der Waals surface area contributed by atoms with Crippen molar-refractivity contribution in [2.75, 3.05) is 19.6 Å². The lowest BCUT2D eigenvalue weighted by molar-refractivity contribution is -0.126. The number of benzene rings is 1. The molecule has 2 saturated heterocycles. The molecule has 2 unspecified atom stereocenters. The van der Waals surface area contributed by atoms with Gasteiger partial charge in [0.25, 0.3) is 0 Å². The normalized spacial score (nSPS) is 24.0. The van der Waals surface area contributed by atoms with E-state index in [0.717, 1.165) is 43.7 Å². The lowest BCUT2D eigenvalue weighted by atomic mass is 9.93. The van der Waals surface area contributed by atoms with Crippen LogP contribution >= 0.6 is 0 Å². The zero-order valence-electron chi connectivity index (χ0n) is 15.5. The quantitative estimate of drug-likeness (QED) is 0.751. The van der Waals surface area contributed by atoms with Crippen LogP contribution in [0, 0.1) is 5.92 Å². The summed E-state index contributed by atoms with van der Waals surface area (Å²) in [5.74, 6) is 0.0588. The third kappa shape index (κ3) is 4.53. The number of likely N-dealkylation sites (tertiary alicyclic amines) is 1. The van der Waals surface area contributed by atoms with Gasteiger partial charge in [0, 0.05) is 38.4 Å². The van der Waals surface area contributed by atoms with Crippen LogP contribution in [-0.4, -0.2) is 41.5 Å². The Morgan fingerprint density at radius 1 is 1.11 bits per heavy atom. The Labute approximate surface area is 160 Å². The Morgan fingerprint density at radius 2 is 1.89 bits per heavy atom. The smallest absolute Gasteiger partial charge is 0.226 e. The number of hydrazine groups is 1. The molecule has 2 aromatic rings. The molecule has 0 saturated carbocycles. The van der Waals surface area contributed by atoms with E-state index in [-0.39, 0.29) is 23.9 Å². The Kier molecular flexibility index (Phi) is 5.77. The SMILES string of the molecule is O=C(NC1CCN(Cc2ccccn2)CC1)C1CNNC1c1ccccc1.